The van der Waals surface area contributed by atoms with Crippen molar-refractivity contribution in [3.05, 3.63) is 65.7 Å². The SMILES string of the molecule is CCN(CC)c1ccc(C[NH2+][C@H](C)[C@@H](O)c2ccccc2)cc1. The monoisotopic (exact) mass is 313 g/mol. The third kappa shape index (κ3) is 4.81. The van der Waals surface area contributed by atoms with Gasteiger partial charge in [0.15, 0.2) is 0 Å². The second-order valence-corrected chi connectivity index (χ2v) is 5.99. The Bertz CT molecular complexity index is 564. The van der Waals surface area contributed by atoms with Gasteiger partial charge in [-0.3, -0.25) is 0 Å². The molecule has 0 saturated carbocycles. The largest absolute Gasteiger partial charge is 0.382 e. The van der Waals surface area contributed by atoms with E-state index >= 15 is 0 Å². The Labute approximate surface area is 140 Å². The van der Waals surface area contributed by atoms with Gasteiger partial charge < -0.3 is 15.3 Å². The van der Waals surface area contributed by atoms with Gasteiger partial charge in [-0.05, 0) is 38.5 Å². The van der Waals surface area contributed by atoms with Crippen LogP contribution in [0.4, 0.5) is 5.69 Å². The predicted octanol–water partition coefficient (Wildman–Crippen LogP) is 2.72. The fourth-order valence-electron chi connectivity index (χ4n) is 2.84. The summed E-state index contributed by atoms with van der Waals surface area (Å²) in [7, 11) is 0. The first-order valence-electron chi connectivity index (χ1n) is 8.56. The van der Waals surface area contributed by atoms with Crippen molar-refractivity contribution in [2.45, 2.75) is 39.5 Å². The number of nitrogens with zero attached hydrogens (tertiary/aromatic N) is 1. The first kappa shape index (κ1) is 17.5. The summed E-state index contributed by atoms with van der Waals surface area (Å²) in [5.41, 5.74) is 3.54. The predicted molar refractivity (Wildman–Crippen MR) is 96.5 cm³/mol. The highest BCUT2D eigenvalue weighted by molar-refractivity contribution is 5.47. The molecule has 0 aliphatic rings. The molecule has 0 unspecified atom stereocenters. The minimum atomic E-state index is -0.439. The van der Waals surface area contributed by atoms with Gasteiger partial charge >= 0.3 is 0 Å². The molecule has 0 aromatic heterocycles. The Morgan fingerprint density at radius 2 is 1.57 bits per heavy atom. The number of aliphatic hydroxyl groups excluding tert-OH is 1. The van der Waals surface area contributed by atoms with Crippen LogP contribution in [0.25, 0.3) is 0 Å². The number of hydrogen-bond acceptors (Lipinski definition) is 2. The lowest BCUT2D eigenvalue weighted by Crippen LogP contribution is -2.88. The molecule has 3 N–H and O–H groups in total. The standard InChI is InChI=1S/C20H28N2O/c1-4-22(5-2)19-13-11-17(12-14-19)15-21-16(3)20(23)18-9-7-6-8-10-18/h6-14,16,20-21,23H,4-5,15H2,1-3H3/p+1/t16-,20-/m1/s1. The molecule has 2 aromatic rings. The lowest BCUT2D eigenvalue weighted by Gasteiger charge is -2.21. The van der Waals surface area contributed by atoms with Crippen molar-refractivity contribution in [1.29, 1.82) is 0 Å². The lowest BCUT2D eigenvalue weighted by atomic mass is 10.0. The summed E-state index contributed by atoms with van der Waals surface area (Å²) >= 11 is 0. The van der Waals surface area contributed by atoms with Gasteiger partial charge in [-0.1, -0.05) is 42.5 Å². The molecule has 2 aromatic carbocycles. The Hall–Kier alpha value is -1.84. The van der Waals surface area contributed by atoms with Crippen LogP contribution in [0, 0.1) is 0 Å². The molecule has 0 bridgehead atoms. The number of aliphatic hydroxyl groups is 1. The van der Waals surface area contributed by atoms with Crippen LogP contribution in [0.5, 0.6) is 0 Å². The van der Waals surface area contributed by atoms with Gasteiger partial charge in [0, 0.05) is 24.3 Å². The topological polar surface area (TPSA) is 40.1 Å². The fourth-order valence-corrected chi connectivity index (χ4v) is 2.84. The molecule has 0 aliphatic carbocycles. The molecule has 0 aliphatic heterocycles. The van der Waals surface area contributed by atoms with Gasteiger partial charge in [0.05, 0.1) is 0 Å². The molecule has 0 radical (unpaired) electrons. The zero-order valence-corrected chi connectivity index (χ0v) is 14.4. The number of hydrogen-bond donors (Lipinski definition) is 2. The normalized spacial score (nSPS) is 13.6. The van der Waals surface area contributed by atoms with Gasteiger partial charge in [0.2, 0.25) is 0 Å². The van der Waals surface area contributed by atoms with E-state index in [0.29, 0.717) is 0 Å². The van der Waals surface area contributed by atoms with E-state index in [1.165, 1.54) is 11.3 Å². The molecule has 3 nitrogen and oxygen atoms in total. The van der Waals surface area contributed by atoms with Crippen LogP contribution < -0.4 is 10.2 Å². The van der Waals surface area contributed by atoms with Crippen LogP contribution in [0.2, 0.25) is 0 Å². The van der Waals surface area contributed by atoms with Gasteiger partial charge in [0.25, 0.3) is 0 Å². The summed E-state index contributed by atoms with van der Waals surface area (Å²) in [6, 6.07) is 18.7. The highest BCUT2D eigenvalue weighted by atomic mass is 16.3. The van der Waals surface area contributed by atoms with E-state index in [2.05, 4.69) is 55.3 Å². The summed E-state index contributed by atoms with van der Waals surface area (Å²) in [5, 5.41) is 12.6. The zero-order valence-electron chi connectivity index (χ0n) is 14.4. The Morgan fingerprint density at radius 1 is 0.957 bits per heavy atom. The van der Waals surface area contributed by atoms with E-state index in [1.54, 1.807) is 0 Å². The fraction of sp³-hybridized carbons (Fsp3) is 0.400. The van der Waals surface area contributed by atoms with Crippen LogP contribution >= 0.6 is 0 Å². The van der Waals surface area contributed by atoms with Crippen molar-refractivity contribution in [3.8, 4) is 0 Å². The summed E-state index contributed by atoms with van der Waals surface area (Å²) in [6.07, 6.45) is -0.439. The van der Waals surface area contributed by atoms with Crippen LogP contribution in [-0.4, -0.2) is 24.2 Å². The van der Waals surface area contributed by atoms with E-state index < -0.39 is 6.10 Å². The molecule has 23 heavy (non-hydrogen) atoms. The third-order valence-electron chi connectivity index (χ3n) is 4.43. The van der Waals surface area contributed by atoms with Crippen LogP contribution in [0.1, 0.15) is 38.0 Å². The molecule has 2 atom stereocenters. The molecular weight excluding hydrogens is 284 g/mol. The zero-order chi connectivity index (χ0) is 16.7. The minimum absolute atomic E-state index is 0.125. The summed E-state index contributed by atoms with van der Waals surface area (Å²) in [4.78, 5) is 2.34. The van der Waals surface area contributed by atoms with Crippen molar-refractivity contribution < 1.29 is 10.4 Å². The molecular formula is C20H29N2O+. The minimum Gasteiger partial charge on any atom is -0.382 e. The highest BCUT2D eigenvalue weighted by Crippen LogP contribution is 2.15. The average Bonchev–Trinajstić information content (AvgIpc) is 2.62. The smallest absolute Gasteiger partial charge is 0.130 e. The molecule has 3 heteroatoms. The molecule has 2 rings (SSSR count). The molecule has 0 spiro atoms. The first-order chi connectivity index (χ1) is 11.2. The van der Waals surface area contributed by atoms with Crippen LogP contribution in [-0.2, 0) is 6.54 Å². The second-order valence-electron chi connectivity index (χ2n) is 5.99. The molecule has 124 valence electrons. The first-order valence-corrected chi connectivity index (χ1v) is 8.56. The van der Waals surface area contributed by atoms with Crippen molar-refractivity contribution in [2.24, 2.45) is 0 Å². The molecule has 0 saturated heterocycles. The lowest BCUT2D eigenvalue weighted by molar-refractivity contribution is -0.709. The van der Waals surface area contributed by atoms with Gasteiger partial charge in [-0.25, -0.2) is 0 Å². The van der Waals surface area contributed by atoms with E-state index in [1.807, 2.05) is 30.3 Å². The Morgan fingerprint density at radius 3 is 2.13 bits per heavy atom. The molecule has 0 fully saturated rings. The van der Waals surface area contributed by atoms with Gasteiger partial charge in [-0.15, -0.1) is 0 Å². The van der Waals surface area contributed by atoms with E-state index in [4.69, 9.17) is 0 Å². The van der Waals surface area contributed by atoms with E-state index in [9.17, 15) is 5.11 Å². The summed E-state index contributed by atoms with van der Waals surface area (Å²) in [6.45, 7) is 9.37. The maximum atomic E-state index is 10.4. The van der Waals surface area contributed by atoms with Crippen molar-refractivity contribution in [3.63, 3.8) is 0 Å². The Kier molecular flexibility index (Phi) is 6.63. The van der Waals surface area contributed by atoms with Gasteiger partial charge in [-0.2, -0.15) is 0 Å². The number of quaternary nitrogens is 1. The van der Waals surface area contributed by atoms with Crippen LogP contribution in [0.3, 0.4) is 0 Å². The third-order valence-corrected chi connectivity index (χ3v) is 4.43. The van der Waals surface area contributed by atoms with Crippen molar-refractivity contribution in [2.75, 3.05) is 18.0 Å². The van der Waals surface area contributed by atoms with Crippen LogP contribution in [0.15, 0.2) is 54.6 Å². The highest BCUT2D eigenvalue weighted by Gasteiger charge is 2.18. The van der Waals surface area contributed by atoms with Gasteiger partial charge in [0.1, 0.15) is 18.7 Å². The van der Waals surface area contributed by atoms with Crippen molar-refractivity contribution in [1.82, 2.24) is 0 Å². The van der Waals surface area contributed by atoms with E-state index in [0.717, 1.165) is 25.2 Å². The average molecular weight is 313 g/mol. The molecule has 0 amide bonds. The maximum Gasteiger partial charge on any atom is 0.130 e. The summed E-state index contributed by atoms with van der Waals surface area (Å²) in [5.74, 6) is 0. The number of anilines is 1. The second kappa shape index (κ2) is 8.70. The maximum absolute atomic E-state index is 10.4. The number of nitrogens with two attached hydrogens (primary N) is 1. The Balaban J connectivity index is 1.90. The molecule has 0 heterocycles. The van der Waals surface area contributed by atoms with E-state index in [-0.39, 0.29) is 6.04 Å². The number of rotatable bonds is 8. The number of benzene rings is 2. The summed E-state index contributed by atoms with van der Waals surface area (Å²) < 4.78 is 0. The quantitative estimate of drug-likeness (QED) is 0.787. The van der Waals surface area contributed by atoms with Crippen molar-refractivity contribution >= 4 is 5.69 Å².